The van der Waals surface area contributed by atoms with E-state index in [0.29, 0.717) is 6.61 Å². The highest BCUT2D eigenvalue weighted by Crippen LogP contribution is 2.12. The average Bonchev–Trinajstić information content (AvgIpc) is 3.10. The number of hydrogen-bond donors (Lipinski definition) is 1. The quantitative estimate of drug-likeness (QED) is 0.541. The second-order valence-electron chi connectivity index (χ2n) is 3.49. The van der Waals surface area contributed by atoms with Crippen molar-refractivity contribution in [1.82, 2.24) is 0 Å². The highest BCUT2D eigenvalue weighted by molar-refractivity contribution is 6.65. The number of ether oxygens (including phenoxy) is 1. The average molecular weight is 237 g/mol. The molecule has 6 heteroatoms. The molecule has 0 aliphatic carbocycles. The Kier molecular flexibility index (Phi) is 8.21. The molecule has 1 aliphatic rings. The van der Waals surface area contributed by atoms with Crippen LogP contribution in [0.3, 0.4) is 0 Å². The number of rotatable bonds is 6. The molecule has 1 N–H and O–H groups in total. The van der Waals surface area contributed by atoms with E-state index in [1.165, 1.54) is 0 Å². The van der Waals surface area contributed by atoms with Crippen molar-refractivity contribution in [1.29, 1.82) is 0 Å². The van der Waals surface area contributed by atoms with E-state index in [2.05, 4.69) is 4.74 Å². The highest BCUT2D eigenvalue weighted by Gasteiger charge is 2.27. The lowest BCUT2D eigenvalue weighted by atomic mass is 10.5. The number of aliphatic hydroxyl groups is 1. The van der Waals surface area contributed by atoms with Gasteiger partial charge in [-0.1, -0.05) is 0 Å². The molecule has 5 nitrogen and oxygen atoms in total. The van der Waals surface area contributed by atoms with Crippen LogP contribution in [-0.2, 0) is 18.7 Å². The van der Waals surface area contributed by atoms with Crippen LogP contribution in [-0.4, -0.2) is 53.8 Å². The smallest absolute Gasteiger partial charge is 0.334 e. The molecule has 1 aliphatic heterocycles. The van der Waals surface area contributed by atoms with Gasteiger partial charge in [-0.3, -0.25) is 0 Å². The van der Waals surface area contributed by atoms with Gasteiger partial charge in [0.25, 0.3) is 0 Å². The van der Waals surface area contributed by atoms with E-state index in [9.17, 15) is 5.11 Å². The van der Waals surface area contributed by atoms with Crippen molar-refractivity contribution < 1.29 is 23.8 Å². The third-order valence-corrected chi connectivity index (χ3v) is 5.23. The zero-order chi connectivity index (χ0) is 11.7. The molecule has 0 aromatic carbocycles. The van der Waals surface area contributed by atoms with Crippen LogP contribution in [0.15, 0.2) is 0 Å². The SMILES string of the molecule is CO[Si](C)(CCCO)OC.[O]CC1CO1. The molecule has 0 aromatic rings. The first-order valence-electron chi connectivity index (χ1n) is 5.02. The lowest BCUT2D eigenvalue weighted by molar-refractivity contribution is 0.164. The summed E-state index contributed by atoms with van der Waals surface area (Å²) in [5, 5.41) is 18.1. The number of epoxide rings is 1. The molecule has 1 fully saturated rings. The molecule has 0 bridgehead atoms. The summed E-state index contributed by atoms with van der Waals surface area (Å²) in [6, 6.07) is 0.858. The van der Waals surface area contributed by atoms with Gasteiger partial charge in [0.1, 0.15) is 12.7 Å². The lowest BCUT2D eigenvalue weighted by Gasteiger charge is -2.21. The van der Waals surface area contributed by atoms with Crippen LogP contribution >= 0.6 is 0 Å². The number of hydrogen-bond acceptors (Lipinski definition) is 4. The summed E-state index contributed by atoms with van der Waals surface area (Å²) in [6.45, 7) is 2.85. The Morgan fingerprint density at radius 3 is 2.20 bits per heavy atom. The van der Waals surface area contributed by atoms with Crippen LogP contribution in [0.5, 0.6) is 0 Å². The van der Waals surface area contributed by atoms with Crippen LogP contribution in [0.1, 0.15) is 6.42 Å². The van der Waals surface area contributed by atoms with Crippen LogP contribution < -0.4 is 0 Å². The summed E-state index contributed by atoms with van der Waals surface area (Å²) in [5.41, 5.74) is 0. The molecule has 1 radical (unpaired) electrons. The third kappa shape index (κ3) is 7.89. The van der Waals surface area contributed by atoms with Crippen molar-refractivity contribution in [3.8, 4) is 0 Å². The maximum absolute atomic E-state index is 9.57. The normalized spacial score (nSPS) is 19.4. The Morgan fingerprint density at radius 1 is 1.47 bits per heavy atom. The third-order valence-electron chi connectivity index (χ3n) is 2.24. The monoisotopic (exact) mass is 237 g/mol. The molecule has 1 atom stereocenters. The molecule has 0 amide bonds. The fourth-order valence-corrected chi connectivity index (χ4v) is 2.23. The first kappa shape index (κ1) is 15.0. The van der Waals surface area contributed by atoms with Crippen molar-refractivity contribution in [2.45, 2.75) is 25.1 Å². The second-order valence-corrected chi connectivity index (χ2v) is 7.08. The summed E-state index contributed by atoms with van der Waals surface area (Å²) in [4.78, 5) is 0. The van der Waals surface area contributed by atoms with E-state index in [4.69, 9.17) is 14.0 Å². The first-order chi connectivity index (χ1) is 7.11. The van der Waals surface area contributed by atoms with Gasteiger partial charge in [-0.25, -0.2) is 5.11 Å². The van der Waals surface area contributed by atoms with Gasteiger partial charge in [-0.15, -0.1) is 0 Å². The van der Waals surface area contributed by atoms with Crippen molar-refractivity contribution in [3.63, 3.8) is 0 Å². The minimum atomic E-state index is -1.88. The molecule has 1 saturated heterocycles. The zero-order valence-corrected chi connectivity index (χ0v) is 10.7. The molecule has 0 saturated carbocycles. The summed E-state index contributed by atoms with van der Waals surface area (Å²) in [6.07, 6.45) is 0.847. The summed E-state index contributed by atoms with van der Waals surface area (Å²) in [7, 11) is 1.44. The Balaban J connectivity index is 0.000000322. The van der Waals surface area contributed by atoms with Gasteiger partial charge in [0.15, 0.2) is 0 Å². The van der Waals surface area contributed by atoms with Crippen LogP contribution in [0.2, 0.25) is 12.6 Å². The maximum Gasteiger partial charge on any atom is 0.334 e. The number of aliphatic hydroxyl groups excluding tert-OH is 1. The molecule has 91 valence electrons. The van der Waals surface area contributed by atoms with Gasteiger partial charge in [-0.2, -0.15) is 0 Å². The summed E-state index contributed by atoms with van der Waals surface area (Å²) < 4.78 is 14.9. The van der Waals surface area contributed by atoms with Crippen LogP contribution in [0, 0.1) is 0 Å². The fraction of sp³-hybridized carbons (Fsp3) is 1.00. The molecule has 15 heavy (non-hydrogen) atoms. The zero-order valence-electron chi connectivity index (χ0n) is 9.69. The van der Waals surface area contributed by atoms with Gasteiger partial charge >= 0.3 is 8.56 Å². The molecule has 0 spiro atoms. The predicted octanol–water partition coefficient (Wildman–Crippen LogP) is 0.549. The van der Waals surface area contributed by atoms with E-state index < -0.39 is 8.56 Å². The van der Waals surface area contributed by atoms with Gasteiger partial charge in [-0.05, 0) is 19.0 Å². The van der Waals surface area contributed by atoms with E-state index in [1.807, 2.05) is 6.55 Å². The van der Waals surface area contributed by atoms with Crippen molar-refractivity contribution in [2.75, 3.05) is 34.0 Å². The molecular weight excluding hydrogens is 216 g/mol. The topological polar surface area (TPSA) is 71.1 Å². The minimum Gasteiger partial charge on any atom is -0.398 e. The Morgan fingerprint density at radius 2 is 2.00 bits per heavy atom. The Labute approximate surface area is 92.2 Å². The lowest BCUT2D eigenvalue weighted by Crippen LogP contribution is -2.35. The highest BCUT2D eigenvalue weighted by atomic mass is 28.4. The minimum absolute atomic E-state index is 0.0556. The molecular formula is C9H21O5Si. The van der Waals surface area contributed by atoms with Gasteiger partial charge < -0.3 is 18.7 Å². The van der Waals surface area contributed by atoms with Crippen molar-refractivity contribution >= 4 is 8.56 Å². The van der Waals surface area contributed by atoms with Gasteiger partial charge in [0.05, 0.1) is 6.61 Å². The van der Waals surface area contributed by atoms with Gasteiger partial charge in [0, 0.05) is 20.8 Å². The van der Waals surface area contributed by atoms with Crippen LogP contribution in [0.4, 0.5) is 0 Å². The van der Waals surface area contributed by atoms with Crippen molar-refractivity contribution in [3.05, 3.63) is 0 Å². The summed E-state index contributed by atoms with van der Waals surface area (Å²) >= 11 is 0. The standard InChI is InChI=1S/C6H16O3Si.C3H5O2/c1-8-10(3,9-2)6-4-5-7;4-1-3-2-5-3/h7H,4-6H2,1-3H3;3H,1-2H2. The molecule has 1 heterocycles. The van der Waals surface area contributed by atoms with E-state index in [1.54, 1.807) is 14.2 Å². The van der Waals surface area contributed by atoms with E-state index in [-0.39, 0.29) is 19.3 Å². The van der Waals surface area contributed by atoms with Crippen LogP contribution in [0.25, 0.3) is 0 Å². The second kappa shape index (κ2) is 8.20. The van der Waals surface area contributed by atoms with Gasteiger partial charge in [0.2, 0.25) is 0 Å². The first-order valence-corrected chi connectivity index (χ1v) is 7.55. The fourth-order valence-electron chi connectivity index (χ4n) is 0.852. The Bertz CT molecular complexity index is 147. The van der Waals surface area contributed by atoms with Crippen molar-refractivity contribution in [2.24, 2.45) is 0 Å². The largest absolute Gasteiger partial charge is 0.398 e. The maximum atomic E-state index is 9.57. The molecule has 1 unspecified atom stereocenters. The summed E-state index contributed by atoms with van der Waals surface area (Å²) in [5.74, 6) is 0. The Hall–Kier alpha value is 0.0169. The molecule has 1 rings (SSSR count). The van der Waals surface area contributed by atoms with E-state index >= 15 is 0 Å². The predicted molar refractivity (Wildman–Crippen MR) is 57.4 cm³/mol. The molecule has 0 aromatic heterocycles. The van der Waals surface area contributed by atoms with E-state index in [0.717, 1.165) is 12.5 Å².